The van der Waals surface area contributed by atoms with Crippen LogP contribution in [0.2, 0.25) is 5.02 Å². The van der Waals surface area contributed by atoms with Crippen molar-refractivity contribution in [2.75, 3.05) is 17.8 Å². The van der Waals surface area contributed by atoms with Gasteiger partial charge in [0.15, 0.2) is 0 Å². The van der Waals surface area contributed by atoms with Gasteiger partial charge in [-0.25, -0.2) is 8.42 Å². The van der Waals surface area contributed by atoms with Gasteiger partial charge in [-0.1, -0.05) is 23.7 Å². The third kappa shape index (κ3) is 3.15. The molecule has 1 aliphatic heterocycles. The molecule has 4 rings (SSSR count). The van der Waals surface area contributed by atoms with Gasteiger partial charge in [0.25, 0.3) is 10.0 Å². The number of halogens is 1. The molecule has 0 atom stereocenters. The first-order valence-corrected chi connectivity index (χ1v) is 10.6. The van der Waals surface area contributed by atoms with E-state index in [4.69, 9.17) is 11.6 Å². The van der Waals surface area contributed by atoms with Crippen LogP contribution in [0.5, 0.6) is 0 Å². The lowest BCUT2D eigenvalue weighted by Gasteiger charge is -2.27. The van der Waals surface area contributed by atoms with Crippen molar-refractivity contribution in [2.45, 2.75) is 17.1 Å². The van der Waals surface area contributed by atoms with Crippen molar-refractivity contribution in [3.63, 3.8) is 0 Å². The summed E-state index contributed by atoms with van der Waals surface area (Å²) in [5, 5.41) is 4.72. The van der Waals surface area contributed by atoms with Crippen LogP contribution < -0.4 is 10.0 Å². The summed E-state index contributed by atoms with van der Waals surface area (Å²) in [6.45, 7) is 3.78. The van der Waals surface area contributed by atoms with Crippen molar-refractivity contribution in [1.82, 2.24) is 5.32 Å². The van der Waals surface area contributed by atoms with Crippen LogP contribution in [0.3, 0.4) is 0 Å². The lowest BCUT2D eigenvalue weighted by atomic mass is 9.94. The molecule has 0 spiro atoms. The number of sulfonamides is 1. The van der Waals surface area contributed by atoms with E-state index >= 15 is 0 Å². The fourth-order valence-corrected chi connectivity index (χ4v) is 5.95. The summed E-state index contributed by atoms with van der Waals surface area (Å²) >= 11 is 7.30. The van der Waals surface area contributed by atoms with Gasteiger partial charge in [0.2, 0.25) is 0 Å². The minimum atomic E-state index is -3.63. The molecular weight excluding hydrogens is 376 g/mol. The van der Waals surface area contributed by atoms with E-state index in [1.165, 1.54) is 16.9 Å². The van der Waals surface area contributed by atoms with Gasteiger partial charge in [-0.05, 0) is 53.8 Å². The molecule has 2 N–H and O–H groups in total. The molecule has 7 heteroatoms. The van der Waals surface area contributed by atoms with Gasteiger partial charge in [0.1, 0.15) is 4.21 Å². The van der Waals surface area contributed by atoms with Crippen LogP contribution in [0.25, 0.3) is 10.1 Å². The number of fused-ring (bicyclic) bond motifs is 1. The summed E-state index contributed by atoms with van der Waals surface area (Å²) in [4.78, 5) is 0. The van der Waals surface area contributed by atoms with Crippen molar-refractivity contribution in [1.29, 1.82) is 0 Å². The SMILES string of the molecule is Cc1c(S(=O)(=O)Nc2ccc(C3CNC3)cc2)sc2ccc(Cl)cc12. The lowest BCUT2D eigenvalue weighted by Crippen LogP contribution is -2.39. The van der Waals surface area contributed by atoms with Gasteiger partial charge >= 0.3 is 0 Å². The van der Waals surface area contributed by atoms with E-state index in [9.17, 15) is 8.42 Å². The summed E-state index contributed by atoms with van der Waals surface area (Å²) in [6, 6.07) is 13.1. The molecule has 0 aliphatic carbocycles. The van der Waals surface area contributed by atoms with Gasteiger partial charge < -0.3 is 5.32 Å². The first kappa shape index (κ1) is 16.8. The third-order valence-electron chi connectivity index (χ3n) is 4.51. The number of hydrogen-bond donors (Lipinski definition) is 2. The van der Waals surface area contributed by atoms with Crippen molar-refractivity contribution in [3.8, 4) is 0 Å². The Morgan fingerprint density at radius 3 is 2.52 bits per heavy atom. The number of thiophene rings is 1. The number of hydrogen-bond acceptors (Lipinski definition) is 4. The zero-order valence-electron chi connectivity index (χ0n) is 13.5. The third-order valence-corrected chi connectivity index (χ3v) is 8.02. The molecule has 130 valence electrons. The smallest absolute Gasteiger partial charge is 0.271 e. The Morgan fingerprint density at radius 2 is 1.88 bits per heavy atom. The van der Waals surface area contributed by atoms with Gasteiger partial charge in [-0.15, -0.1) is 11.3 Å². The molecule has 1 saturated heterocycles. The monoisotopic (exact) mass is 392 g/mol. The maximum atomic E-state index is 12.8. The zero-order valence-corrected chi connectivity index (χ0v) is 15.9. The second-order valence-corrected chi connectivity index (χ2v) is 9.60. The first-order chi connectivity index (χ1) is 11.9. The van der Waals surface area contributed by atoms with Crippen LogP contribution in [0.4, 0.5) is 5.69 Å². The van der Waals surface area contributed by atoms with Crippen molar-refractivity contribution < 1.29 is 8.42 Å². The summed E-state index contributed by atoms with van der Waals surface area (Å²) in [6.07, 6.45) is 0. The Morgan fingerprint density at radius 1 is 1.16 bits per heavy atom. The van der Waals surface area contributed by atoms with Crippen molar-refractivity contribution >= 4 is 48.7 Å². The molecule has 0 saturated carbocycles. The van der Waals surface area contributed by atoms with Crippen LogP contribution in [0.1, 0.15) is 17.0 Å². The topological polar surface area (TPSA) is 58.2 Å². The first-order valence-electron chi connectivity index (χ1n) is 7.96. The molecule has 1 aromatic heterocycles. The number of nitrogens with one attached hydrogen (secondary N) is 2. The molecule has 0 bridgehead atoms. The van der Waals surface area contributed by atoms with E-state index < -0.39 is 10.0 Å². The van der Waals surface area contributed by atoms with Crippen molar-refractivity contribution in [3.05, 3.63) is 58.6 Å². The number of rotatable bonds is 4. The van der Waals surface area contributed by atoms with Crippen LogP contribution >= 0.6 is 22.9 Å². The van der Waals surface area contributed by atoms with Crippen molar-refractivity contribution in [2.24, 2.45) is 0 Å². The molecule has 2 aromatic carbocycles. The van der Waals surface area contributed by atoms with E-state index in [-0.39, 0.29) is 0 Å². The molecule has 0 amide bonds. The second kappa shape index (κ2) is 6.29. The largest absolute Gasteiger partial charge is 0.315 e. The quantitative estimate of drug-likeness (QED) is 0.693. The summed E-state index contributed by atoms with van der Waals surface area (Å²) < 4.78 is 29.6. The maximum absolute atomic E-state index is 12.8. The minimum Gasteiger partial charge on any atom is -0.315 e. The fourth-order valence-electron chi connectivity index (χ4n) is 2.98. The molecule has 1 aliphatic rings. The number of aryl methyl sites for hydroxylation is 1. The Bertz CT molecular complexity index is 1040. The summed E-state index contributed by atoms with van der Waals surface area (Å²) in [5.41, 5.74) is 2.53. The average Bonchev–Trinajstić information content (AvgIpc) is 2.85. The van der Waals surface area contributed by atoms with Gasteiger partial charge in [-0.3, -0.25) is 4.72 Å². The van der Waals surface area contributed by atoms with Gasteiger partial charge in [-0.2, -0.15) is 0 Å². The Kier molecular flexibility index (Phi) is 4.24. The molecular formula is C18H17ClN2O2S2. The Hall–Kier alpha value is -1.60. The van der Waals surface area contributed by atoms with E-state index in [0.29, 0.717) is 20.8 Å². The molecule has 3 aromatic rings. The highest BCUT2D eigenvalue weighted by atomic mass is 35.5. The molecule has 0 unspecified atom stereocenters. The van der Waals surface area contributed by atoms with Crippen LogP contribution in [0.15, 0.2) is 46.7 Å². The molecule has 2 heterocycles. The molecule has 25 heavy (non-hydrogen) atoms. The van der Waals surface area contributed by atoms with Crippen LogP contribution in [0, 0.1) is 6.92 Å². The predicted octanol–water partition coefficient (Wildman–Crippen LogP) is 4.35. The average molecular weight is 393 g/mol. The highest BCUT2D eigenvalue weighted by Crippen LogP contribution is 2.36. The predicted molar refractivity (Wildman–Crippen MR) is 104 cm³/mol. The standard InChI is InChI=1S/C18H17ClN2O2S2/c1-11-16-8-14(19)4-7-17(16)24-18(11)25(22,23)21-15-5-2-12(3-6-15)13-9-20-10-13/h2-8,13,20-21H,9-10H2,1H3. The highest BCUT2D eigenvalue weighted by Gasteiger charge is 2.23. The molecule has 4 nitrogen and oxygen atoms in total. The summed E-state index contributed by atoms with van der Waals surface area (Å²) in [5.74, 6) is 0.528. The normalized spacial score (nSPS) is 15.3. The minimum absolute atomic E-state index is 0.331. The molecule has 1 fully saturated rings. The summed E-state index contributed by atoms with van der Waals surface area (Å²) in [7, 11) is -3.63. The maximum Gasteiger partial charge on any atom is 0.271 e. The fraction of sp³-hybridized carbons (Fsp3) is 0.222. The lowest BCUT2D eigenvalue weighted by molar-refractivity contribution is 0.448. The van der Waals surface area contributed by atoms with E-state index in [0.717, 1.165) is 28.7 Å². The van der Waals surface area contributed by atoms with E-state index in [2.05, 4.69) is 10.0 Å². The van der Waals surface area contributed by atoms with Crippen LogP contribution in [-0.2, 0) is 10.0 Å². The van der Waals surface area contributed by atoms with E-state index in [1.54, 1.807) is 6.07 Å². The molecule has 0 radical (unpaired) electrons. The highest BCUT2D eigenvalue weighted by molar-refractivity contribution is 7.94. The Balaban J connectivity index is 1.64. The second-order valence-electron chi connectivity index (χ2n) is 6.24. The number of benzene rings is 2. The van der Waals surface area contributed by atoms with Crippen LogP contribution in [-0.4, -0.2) is 21.5 Å². The number of anilines is 1. The van der Waals surface area contributed by atoms with E-state index in [1.807, 2.05) is 43.3 Å². The zero-order chi connectivity index (χ0) is 17.6. The van der Waals surface area contributed by atoms with Gasteiger partial charge in [0.05, 0.1) is 0 Å². The Labute approximate surface area is 155 Å². The van der Waals surface area contributed by atoms with Gasteiger partial charge in [0, 0.05) is 34.4 Å².